The number of carboxylic acids is 1. The predicted octanol–water partition coefficient (Wildman–Crippen LogP) is 0.988. The second-order valence-corrected chi connectivity index (χ2v) is 5.80. The number of carbonyl (C=O) groups excluding carboxylic acids is 2. The lowest BCUT2D eigenvalue weighted by atomic mass is 9.82. The van der Waals surface area contributed by atoms with E-state index in [-0.39, 0.29) is 24.9 Å². The SMILES string of the molecule is CC(C)NC(=O)CCNC(=O)NC1(C(=O)O)CCCCC1. The zero-order chi connectivity index (χ0) is 15.9. The largest absolute Gasteiger partial charge is 0.480 e. The topological polar surface area (TPSA) is 108 Å². The lowest BCUT2D eigenvalue weighted by Gasteiger charge is -2.33. The zero-order valence-electron chi connectivity index (χ0n) is 12.7. The molecule has 1 rings (SSSR count). The molecule has 0 saturated heterocycles. The van der Waals surface area contributed by atoms with Crippen LogP contribution in [-0.2, 0) is 9.59 Å². The van der Waals surface area contributed by atoms with E-state index in [9.17, 15) is 19.5 Å². The molecule has 0 bridgehead atoms. The molecule has 0 aromatic carbocycles. The maximum atomic E-state index is 11.8. The summed E-state index contributed by atoms with van der Waals surface area (Å²) >= 11 is 0. The summed E-state index contributed by atoms with van der Waals surface area (Å²) in [5.74, 6) is -1.13. The van der Waals surface area contributed by atoms with Gasteiger partial charge in [0.25, 0.3) is 0 Å². The van der Waals surface area contributed by atoms with Gasteiger partial charge in [-0.3, -0.25) is 4.79 Å². The van der Waals surface area contributed by atoms with E-state index >= 15 is 0 Å². The fourth-order valence-electron chi connectivity index (χ4n) is 2.49. The molecule has 0 heterocycles. The molecule has 7 heteroatoms. The van der Waals surface area contributed by atoms with Gasteiger partial charge in [0, 0.05) is 19.0 Å². The van der Waals surface area contributed by atoms with Crippen molar-refractivity contribution in [2.45, 2.75) is 64.0 Å². The highest BCUT2D eigenvalue weighted by molar-refractivity contribution is 5.86. The van der Waals surface area contributed by atoms with E-state index in [1.807, 2.05) is 13.8 Å². The van der Waals surface area contributed by atoms with E-state index in [0.717, 1.165) is 19.3 Å². The molecule has 0 aromatic rings. The number of nitrogens with one attached hydrogen (secondary N) is 3. The van der Waals surface area contributed by atoms with Crippen LogP contribution in [0.5, 0.6) is 0 Å². The molecule has 0 unspecified atom stereocenters. The standard InChI is InChI=1S/C14H25N3O4/c1-10(2)16-11(18)6-9-15-13(21)17-14(12(19)20)7-4-3-5-8-14/h10H,3-9H2,1-2H3,(H,16,18)(H,19,20)(H2,15,17,21). The van der Waals surface area contributed by atoms with Crippen LogP contribution in [0, 0.1) is 0 Å². The van der Waals surface area contributed by atoms with E-state index in [1.54, 1.807) is 0 Å². The summed E-state index contributed by atoms with van der Waals surface area (Å²) in [7, 11) is 0. The third kappa shape index (κ3) is 5.61. The highest BCUT2D eigenvalue weighted by atomic mass is 16.4. The number of hydrogen-bond acceptors (Lipinski definition) is 3. The molecule has 7 nitrogen and oxygen atoms in total. The first-order valence-corrected chi connectivity index (χ1v) is 7.44. The molecule has 21 heavy (non-hydrogen) atoms. The molecule has 0 atom stereocenters. The summed E-state index contributed by atoms with van der Waals surface area (Å²) in [6, 6.07) is -0.472. The van der Waals surface area contributed by atoms with E-state index in [0.29, 0.717) is 12.8 Å². The van der Waals surface area contributed by atoms with Crippen LogP contribution in [0.15, 0.2) is 0 Å². The second-order valence-electron chi connectivity index (χ2n) is 5.80. The van der Waals surface area contributed by atoms with Gasteiger partial charge in [0.05, 0.1) is 0 Å². The van der Waals surface area contributed by atoms with Gasteiger partial charge in [0.1, 0.15) is 5.54 Å². The van der Waals surface area contributed by atoms with Crippen molar-refractivity contribution in [3.8, 4) is 0 Å². The Bertz CT molecular complexity index is 390. The minimum Gasteiger partial charge on any atom is -0.480 e. The first-order chi connectivity index (χ1) is 9.85. The van der Waals surface area contributed by atoms with Crippen molar-refractivity contribution < 1.29 is 19.5 Å². The van der Waals surface area contributed by atoms with Gasteiger partial charge in [-0.25, -0.2) is 9.59 Å². The monoisotopic (exact) mass is 299 g/mol. The number of carboxylic acid groups (broad SMARTS) is 1. The summed E-state index contributed by atoms with van der Waals surface area (Å²) in [5.41, 5.74) is -1.16. The molecule has 1 saturated carbocycles. The fraction of sp³-hybridized carbons (Fsp3) is 0.786. The summed E-state index contributed by atoms with van der Waals surface area (Å²) in [4.78, 5) is 34.6. The highest BCUT2D eigenvalue weighted by Crippen LogP contribution is 2.28. The van der Waals surface area contributed by atoms with Crippen LogP contribution in [0.4, 0.5) is 4.79 Å². The van der Waals surface area contributed by atoms with Gasteiger partial charge in [-0.05, 0) is 26.7 Å². The molecule has 3 amide bonds. The molecular formula is C14H25N3O4. The van der Waals surface area contributed by atoms with Crippen LogP contribution < -0.4 is 16.0 Å². The van der Waals surface area contributed by atoms with Crippen molar-refractivity contribution in [3.63, 3.8) is 0 Å². The molecule has 1 aliphatic carbocycles. The van der Waals surface area contributed by atoms with Crippen LogP contribution in [0.2, 0.25) is 0 Å². The first kappa shape index (κ1) is 17.3. The van der Waals surface area contributed by atoms with Gasteiger partial charge < -0.3 is 21.1 Å². The van der Waals surface area contributed by atoms with Crippen molar-refractivity contribution in [1.29, 1.82) is 0 Å². The third-order valence-corrected chi connectivity index (χ3v) is 3.56. The van der Waals surface area contributed by atoms with Crippen molar-refractivity contribution in [2.75, 3.05) is 6.54 Å². The lowest BCUT2D eigenvalue weighted by Crippen LogP contribution is -2.58. The Morgan fingerprint density at radius 3 is 2.29 bits per heavy atom. The molecule has 1 fully saturated rings. The number of aliphatic carboxylic acids is 1. The quantitative estimate of drug-likeness (QED) is 0.586. The maximum absolute atomic E-state index is 11.8. The zero-order valence-corrected chi connectivity index (χ0v) is 12.7. The van der Waals surface area contributed by atoms with Crippen LogP contribution in [0.3, 0.4) is 0 Å². The number of carbonyl (C=O) groups is 3. The minimum absolute atomic E-state index is 0.0591. The first-order valence-electron chi connectivity index (χ1n) is 7.44. The lowest BCUT2D eigenvalue weighted by molar-refractivity contribution is -0.145. The number of hydrogen-bond donors (Lipinski definition) is 4. The predicted molar refractivity (Wildman–Crippen MR) is 77.9 cm³/mol. The van der Waals surface area contributed by atoms with Gasteiger partial charge in [-0.15, -0.1) is 0 Å². The van der Waals surface area contributed by atoms with Gasteiger partial charge in [0.2, 0.25) is 5.91 Å². The fourth-order valence-corrected chi connectivity index (χ4v) is 2.49. The van der Waals surface area contributed by atoms with E-state index in [1.165, 1.54) is 0 Å². The summed E-state index contributed by atoms with van der Waals surface area (Å²) < 4.78 is 0. The molecule has 0 radical (unpaired) electrons. The molecule has 0 aliphatic heterocycles. The Kier molecular flexibility index (Phi) is 6.45. The van der Waals surface area contributed by atoms with Gasteiger partial charge in [0.15, 0.2) is 0 Å². The number of urea groups is 1. The minimum atomic E-state index is -1.16. The summed E-state index contributed by atoms with van der Waals surface area (Å²) in [5, 5.41) is 17.2. The molecule has 0 aromatic heterocycles. The molecule has 120 valence electrons. The van der Waals surface area contributed by atoms with Crippen molar-refractivity contribution >= 4 is 17.9 Å². The second kappa shape index (κ2) is 7.85. The van der Waals surface area contributed by atoms with Crippen LogP contribution in [0.1, 0.15) is 52.4 Å². The molecule has 1 aliphatic rings. The Morgan fingerprint density at radius 2 is 1.76 bits per heavy atom. The van der Waals surface area contributed by atoms with Crippen LogP contribution >= 0.6 is 0 Å². The molecular weight excluding hydrogens is 274 g/mol. The Labute approximate surface area is 124 Å². The average molecular weight is 299 g/mol. The van der Waals surface area contributed by atoms with E-state index in [4.69, 9.17) is 0 Å². The average Bonchev–Trinajstić information content (AvgIpc) is 2.38. The van der Waals surface area contributed by atoms with Gasteiger partial charge in [-0.1, -0.05) is 19.3 Å². The van der Waals surface area contributed by atoms with Crippen molar-refractivity contribution in [1.82, 2.24) is 16.0 Å². The molecule has 0 spiro atoms. The maximum Gasteiger partial charge on any atom is 0.329 e. The summed E-state index contributed by atoms with van der Waals surface area (Å²) in [6.45, 7) is 3.90. The van der Waals surface area contributed by atoms with Gasteiger partial charge in [-0.2, -0.15) is 0 Å². The van der Waals surface area contributed by atoms with Crippen LogP contribution in [0.25, 0.3) is 0 Å². The number of amides is 3. The summed E-state index contributed by atoms with van der Waals surface area (Å²) in [6.07, 6.45) is 3.65. The van der Waals surface area contributed by atoms with E-state index in [2.05, 4.69) is 16.0 Å². The Balaban J connectivity index is 2.38. The van der Waals surface area contributed by atoms with Gasteiger partial charge >= 0.3 is 12.0 Å². The molecule has 4 N–H and O–H groups in total. The smallest absolute Gasteiger partial charge is 0.329 e. The number of rotatable bonds is 6. The van der Waals surface area contributed by atoms with E-state index < -0.39 is 17.5 Å². The third-order valence-electron chi connectivity index (χ3n) is 3.56. The Hall–Kier alpha value is -1.79. The Morgan fingerprint density at radius 1 is 1.14 bits per heavy atom. The van der Waals surface area contributed by atoms with Crippen molar-refractivity contribution in [3.05, 3.63) is 0 Å². The highest BCUT2D eigenvalue weighted by Gasteiger charge is 2.40. The normalized spacial score (nSPS) is 17.1. The van der Waals surface area contributed by atoms with Crippen LogP contribution in [-0.4, -0.2) is 41.1 Å². The van der Waals surface area contributed by atoms with Crippen molar-refractivity contribution in [2.24, 2.45) is 0 Å².